The summed E-state index contributed by atoms with van der Waals surface area (Å²) in [5, 5.41) is 11.1. The van der Waals surface area contributed by atoms with Crippen molar-refractivity contribution in [2.45, 2.75) is 30.8 Å². The van der Waals surface area contributed by atoms with Gasteiger partial charge in [0.25, 0.3) is 0 Å². The zero-order valence-electron chi connectivity index (χ0n) is 17.8. The van der Waals surface area contributed by atoms with E-state index >= 15 is 0 Å². The number of hydrogen-bond acceptors (Lipinski definition) is 7. The van der Waals surface area contributed by atoms with Gasteiger partial charge in [0, 0.05) is 39.1 Å². The van der Waals surface area contributed by atoms with Gasteiger partial charge in [0.05, 0.1) is 29.5 Å². The lowest BCUT2D eigenvalue weighted by molar-refractivity contribution is -0.126. The third-order valence-corrected chi connectivity index (χ3v) is 7.44. The van der Waals surface area contributed by atoms with Crippen molar-refractivity contribution in [3.63, 3.8) is 0 Å². The zero-order valence-corrected chi connectivity index (χ0v) is 18.7. The van der Waals surface area contributed by atoms with E-state index in [0.717, 1.165) is 11.1 Å². The second kappa shape index (κ2) is 9.72. The molecule has 1 N–H and O–H groups in total. The lowest BCUT2D eigenvalue weighted by Gasteiger charge is -2.31. The maximum atomic E-state index is 13.3. The van der Waals surface area contributed by atoms with Gasteiger partial charge in [-0.05, 0) is 42.7 Å². The van der Waals surface area contributed by atoms with E-state index in [4.69, 9.17) is 4.74 Å². The molecule has 1 atom stereocenters. The molecule has 0 saturated carbocycles. The topological polar surface area (TPSA) is 119 Å². The van der Waals surface area contributed by atoms with Crippen LogP contribution in [-0.4, -0.2) is 65.4 Å². The third kappa shape index (κ3) is 4.79. The fourth-order valence-corrected chi connectivity index (χ4v) is 5.36. The van der Waals surface area contributed by atoms with Gasteiger partial charge in [-0.1, -0.05) is 11.3 Å². The maximum Gasteiger partial charge on any atom is 0.243 e. The minimum atomic E-state index is -3.75. The molecule has 1 amide bonds. The molecule has 1 aliphatic rings. The first-order chi connectivity index (χ1) is 15.5. The Kier molecular flexibility index (Phi) is 6.77. The van der Waals surface area contributed by atoms with Crippen molar-refractivity contribution in [2.75, 3.05) is 26.8 Å². The average Bonchev–Trinajstić information content (AvgIpc) is 3.24. The number of fused-ring (bicyclic) bond motifs is 1. The molecule has 1 saturated heterocycles. The molecule has 0 spiro atoms. The molecule has 2 aromatic heterocycles. The van der Waals surface area contributed by atoms with Crippen LogP contribution in [0.4, 0.5) is 0 Å². The summed E-state index contributed by atoms with van der Waals surface area (Å²) in [6.45, 7) is 1.91. The molecule has 170 valence electrons. The lowest BCUT2D eigenvalue weighted by atomic mass is 9.99. The molecule has 32 heavy (non-hydrogen) atoms. The predicted octanol–water partition coefficient (Wildman–Crippen LogP) is 1.19. The van der Waals surface area contributed by atoms with Crippen LogP contribution in [0.25, 0.3) is 11.0 Å². The number of pyridine rings is 1. The molecule has 0 aliphatic carbocycles. The first-order valence-corrected chi connectivity index (χ1v) is 11.9. The second-order valence-electron chi connectivity index (χ2n) is 7.74. The predicted molar refractivity (Wildman–Crippen MR) is 117 cm³/mol. The maximum absolute atomic E-state index is 13.3. The van der Waals surface area contributed by atoms with Crippen molar-refractivity contribution < 1.29 is 17.9 Å². The minimum Gasteiger partial charge on any atom is -0.383 e. The molecule has 0 bridgehead atoms. The first-order valence-electron chi connectivity index (χ1n) is 10.5. The monoisotopic (exact) mass is 458 g/mol. The number of nitrogens with one attached hydrogen (secondary N) is 1. The van der Waals surface area contributed by atoms with Crippen molar-refractivity contribution in [1.82, 2.24) is 29.6 Å². The fourth-order valence-electron chi connectivity index (χ4n) is 3.82. The van der Waals surface area contributed by atoms with E-state index in [9.17, 15) is 13.2 Å². The Labute approximate surface area is 186 Å². The standard InChI is InChI=1S/C21H26N6O4S/c1-31-11-10-27-20-7-6-18(12-19(20)24-25-27)32(29,30)26-9-3-5-17(15-26)21(28)23-14-16-4-2-8-22-13-16/h2,4,6-8,12-13,17H,3,5,9-11,14-15H2,1H3,(H,23,28). The molecule has 1 aromatic carbocycles. The highest BCUT2D eigenvalue weighted by Gasteiger charge is 2.33. The Morgan fingerprint density at radius 1 is 1.31 bits per heavy atom. The number of sulfonamides is 1. The van der Waals surface area contributed by atoms with E-state index < -0.39 is 15.9 Å². The summed E-state index contributed by atoms with van der Waals surface area (Å²) in [7, 11) is -2.15. The Hall–Kier alpha value is -2.89. The van der Waals surface area contributed by atoms with E-state index in [0.29, 0.717) is 44.6 Å². The molecule has 1 unspecified atom stereocenters. The summed E-state index contributed by atoms with van der Waals surface area (Å²) in [4.78, 5) is 16.8. The highest BCUT2D eigenvalue weighted by atomic mass is 32.2. The number of hydrogen-bond donors (Lipinski definition) is 1. The van der Waals surface area contributed by atoms with Crippen LogP contribution in [-0.2, 0) is 32.6 Å². The van der Waals surface area contributed by atoms with Crippen LogP contribution in [0, 0.1) is 5.92 Å². The number of benzene rings is 1. The van der Waals surface area contributed by atoms with Gasteiger partial charge >= 0.3 is 0 Å². The van der Waals surface area contributed by atoms with Crippen LogP contribution >= 0.6 is 0 Å². The van der Waals surface area contributed by atoms with Crippen molar-refractivity contribution in [3.05, 3.63) is 48.3 Å². The second-order valence-corrected chi connectivity index (χ2v) is 9.68. The van der Waals surface area contributed by atoms with Gasteiger partial charge in [0.15, 0.2) is 0 Å². The zero-order chi connectivity index (χ0) is 22.6. The number of carbonyl (C=O) groups is 1. The molecule has 11 heteroatoms. The van der Waals surface area contributed by atoms with Crippen LogP contribution in [0.2, 0.25) is 0 Å². The molecular weight excluding hydrogens is 432 g/mol. The summed E-state index contributed by atoms with van der Waals surface area (Å²) < 4.78 is 34.7. The molecule has 1 fully saturated rings. The summed E-state index contributed by atoms with van der Waals surface area (Å²) in [5.41, 5.74) is 2.14. The SMILES string of the molecule is COCCn1nnc2cc(S(=O)(=O)N3CCCC(C(=O)NCc4cccnc4)C3)ccc21. The Morgan fingerprint density at radius 3 is 2.97 bits per heavy atom. The molecule has 3 aromatic rings. The summed E-state index contributed by atoms with van der Waals surface area (Å²) in [5.74, 6) is -0.542. The Bertz CT molecular complexity index is 1180. The smallest absolute Gasteiger partial charge is 0.243 e. The van der Waals surface area contributed by atoms with Crippen LogP contribution in [0.1, 0.15) is 18.4 Å². The minimum absolute atomic E-state index is 0.148. The van der Waals surface area contributed by atoms with E-state index in [2.05, 4.69) is 20.6 Å². The first kappa shape index (κ1) is 22.3. The fraction of sp³-hybridized carbons (Fsp3) is 0.429. The van der Waals surface area contributed by atoms with E-state index in [-0.39, 0.29) is 17.3 Å². The van der Waals surface area contributed by atoms with Gasteiger partial charge in [0.1, 0.15) is 5.52 Å². The third-order valence-electron chi connectivity index (χ3n) is 5.57. The molecule has 10 nitrogen and oxygen atoms in total. The quantitative estimate of drug-likeness (QED) is 0.538. The number of nitrogens with zero attached hydrogens (tertiary/aromatic N) is 5. The van der Waals surface area contributed by atoms with Gasteiger partial charge in [0.2, 0.25) is 15.9 Å². The highest BCUT2D eigenvalue weighted by Crippen LogP contribution is 2.26. The van der Waals surface area contributed by atoms with Gasteiger partial charge in [-0.3, -0.25) is 9.78 Å². The van der Waals surface area contributed by atoms with Crippen molar-refractivity contribution in [2.24, 2.45) is 5.92 Å². The number of carbonyl (C=O) groups excluding carboxylic acids is 1. The van der Waals surface area contributed by atoms with E-state index in [1.807, 2.05) is 12.1 Å². The molecule has 0 radical (unpaired) electrons. The molecular formula is C21H26N6O4S. The average molecular weight is 459 g/mol. The van der Waals surface area contributed by atoms with Crippen molar-refractivity contribution >= 4 is 27.0 Å². The Morgan fingerprint density at radius 2 is 2.19 bits per heavy atom. The van der Waals surface area contributed by atoms with E-state index in [1.165, 1.54) is 10.4 Å². The van der Waals surface area contributed by atoms with Gasteiger partial charge < -0.3 is 10.1 Å². The number of piperidine rings is 1. The highest BCUT2D eigenvalue weighted by molar-refractivity contribution is 7.89. The van der Waals surface area contributed by atoms with Crippen LogP contribution in [0.5, 0.6) is 0 Å². The Balaban J connectivity index is 1.45. The molecule has 3 heterocycles. The summed E-state index contributed by atoms with van der Waals surface area (Å²) in [6, 6.07) is 8.50. The number of rotatable bonds is 8. The van der Waals surface area contributed by atoms with Crippen LogP contribution in [0.15, 0.2) is 47.6 Å². The van der Waals surface area contributed by atoms with Gasteiger partial charge in [-0.15, -0.1) is 5.10 Å². The number of ether oxygens (including phenoxy) is 1. The summed E-state index contributed by atoms with van der Waals surface area (Å²) in [6.07, 6.45) is 4.64. The summed E-state index contributed by atoms with van der Waals surface area (Å²) >= 11 is 0. The normalized spacial score (nSPS) is 17.5. The number of amides is 1. The van der Waals surface area contributed by atoms with E-state index in [1.54, 1.807) is 36.3 Å². The van der Waals surface area contributed by atoms with Crippen molar-refractivity contribution in [3.8, 4) is 0 Å². The number of methoxy groups -OCH3 is 1. The van der Waals surface area contributed by atoms with Crippen LogP contribution < -0.4 is 5.32 Å². The van der Waals surface area contributed by atoms with Crippen molar-refractivity contribution in [1.29, 1.82) is 0 Å². The van der Waals surface area contributed by atoms with Crippen LogP contribution in [0.3, 0.4) is 0 Å². The molecule has 4 rings (SSSR count). The lowest BCUT2D eigenvalue weighted by Crippen LogP contribution is -2.45. The van der Waals surface area contributed by atoms with Gasteiger partial charge in [-0.25, -0.2) is 13.1 Å². The largest absolute Gasteiger partial charge is 0.383 e. The van der Waals surface area contributed by atoms with Gasteiger partial charge in [-0.2, -0.15) is 4.31 Å². The molecule has 1 aliphatic heterocycles. The number of aromatic nitrogens is 4.